The summed E-state index contributed by atoms with van der Waals surface area (Å²) in [6, 6.07) is 9.30. The van der Waals surface area contributed by atoms with Crippen LogP contribution in [-0.2, 0) is 15.6 Å². The number of halogens is 1. The van der Waals surface area contributed by atoms with Crippen molar-refractivity contribution in [3.05, 3.63) is 50.6 Å². The number of sulfone groups is 1. The van der Waals surface area contributed by atoms with Crippen LogP contribution in [0.2, 0.25) is 0 Å². The third-order valence-electron chi connectivity index (χ3n) is 2.38. The lowest BCUT2D eigenvalue weighted by molar-refractivity contribution is 0.0702. The molecule has 1 aromatic heterocycles. The summed E-state index contributed by atoms with van der Waals surface area (Å²) in [6.45, 7) is 0. The Morgan fingerprint density at radius 3 is 2.32 bits per heavy atom. The maximum atomic E-state index is 12.1. The van der Waals surface area contributed by atoms with E-state index in [9.17, 15) is 13.2 Å². The van der Waals surface area contributed by atoms with Gasteiger partial charge >= 0.3 is 5.97 Å². The van der Waals surface area contributed by atoms with Gasteiger partial charge in [0.15, 0.2) is 9.84 Å². The topological polar surface area (TPSA) is 71.4 Å². The fraction of sp³-hybridized carbons (Fsp3) is 0.0833. The minimum absolute atomic E-state index is 0.140. The van der Waals surface area contributed by atoms with Crippen LogP contribution in [0.4, 0.5) is 0 Å². The van der Waals surface area contributed by atoms with E-state index in [1.54, 1.807) is 12.1 Å². The van der Waals surface area contributed by atoms with E-state index in [1.807, 2.05) is 0 Å². The first-order valence-electron chi connectivity index (χ1n) is 5.19. The Bertz CT molecular complexity index is 702. The highest BCUT2D eigenvalue weighted by Crippen LogP contribution is 2.23. The van der Waals surface area contributed by atoms with Crippen LogP contribution in [0.5, 0.6) is 0 Å². The van der Waals surface area contributed by atoms with Crippen molar-refractivity contribution in [1.82, 2.24) is 0 Å². The first-order valence-corrected chi connectivity index (χ1v) is 8.45. The highest BCUT2D eigenvalue weighted by atomic mass is 79.9. The Balaban J connectivity index is 2.25. The maximum Gasteiger partial charge on any atom is 0.345 e. The molecule has 0 radical (unpaired) electrons. The number of hydrogen-bond acceptors (Lipinski definition) is 4. The molecule has 0 spiro atoms. The van der Waals surface area contributed by atoms with E-state index in [-0.39, 0.29) is 15.5 Å². The van der Waals surface area contributed by atoms with E-state index < -0.39 is 15.8 Å². The van der Waals surface area contributed by atoms with Crippen LogP contribution in [0.1, 0.15) is 14.5 Å². The second-order valence-electron chi connectivity index (χ2n) is 3.78. The number of rotatable bonds is 4. The summed E-state index contributed by atoms with van der Waals surface area (Å²) in [6.07, 6.45) is 0. The molecule has 100 valence electrons. The Labute approximate surface area is 122 Å². The molecule has 19 heavy (non-hydrogen) atoms. The third kappa shape index (κ3) is 3.43. The molecule has 0 bridgehead atoms. The molecule has 0 aliphatic rings. The van der Waals surface area contributed by atoms with Crippen LogP contribution in [-0.4, -0.2) is 19.5 Å². The lowest BCUT2D eigenvalue weighted by Gasteiger charge is -2.02. The zero-order valence-electron chi connectivity index (χ0n) is 9.54. The van der Waals surface area contributed by atoms with Crippen molar-refractivity contribution in [3.8, 4) is 0 Å². The predicted molar refractivity (Wildman–Crippen MR) is 76.3 cm³/mol. The van der Waals surface area contributed by atoms with Crippen LogP contribution in [0.15, 0.2) is 45.8 Å². The minimum Gasteiger partial charge on any atom is -0.477 e. The van der Waals surface area contributed by atoms with Gasteiger partial charge in [0.2, 0.25) is 0 Å². The monoisotopic (exact) mass is 360 g/mol. The molecule has 2 aromatic rings. The number of aromatic carboxylic acids is 1. The standard InChI is InChI=1S/C12H9BrO4S2/c13-8-1-4-10(5-2-8)19(16,17)7-9-3-6-11(18-9)12(14)15/h1-6H,7H2,(H,14,15). The Hall–Kier alpha value is -1.18. The molecule has 7 heteroatoms. The van der Waals surface area contributed by atoms with Gasteiger partial charge in [0.1, 0.15) is 4.88 Å². The largest absolute Gasteiger partial charge is 0.477 e. The molecular weight excluding hydrogens is 352 g/mol. The summed E-state index contributed by atoms with van der Waals surface area (Å²) in [5.74, 6) is -1.23. The first kappa shape index (κ1) is 14.2. The zero-order valence-corrected chi connectivity index (χ0v) is 12.8. The average molecular weight is 361 g/mol. The number of benzene rings is 1. The molecule has 0 atom stereocenters. The Morgan fingerprint density at radius 1 is 1.16 bits per heavy atom. The van der Waals surface area contributed by atoms with Gasteiger partial charge in [-0.1, -0.05) is 15.9 Å². The second-order valence-corrected chi connectivity index (χ2v) is 7.86. The van der Waals surface area contributed by atoms with Crippen molar-refractivity contribution >= 4 is 43.1 Å². The van der Waals surface area contributed by atoms with Crippen molar-refractivity contribution in [1.29, 1.82) is 0 Å². The highest BCUT2D eigenvalue weighted by Gasteiger charge is 2.17. The highest BCUT2D eigenvalue weighted by molar-refractivity contribution is 9.10. The van der Waals surface area contributed by atoms with E-state index in [1.165, 1.54) is 24.3 Å². The normalized spacial score (nSPS) is 11.4. The lowest BCUT2D eigenvalue weighted by Crippen LogP contribution is -2.03. The molecule has 0 saturated carbocycles. The van der Waals surface area contributed by atoms with E-state index >= 15 is 0 Å². The fourth-order valence-corrected chi connectivity index (χ4v) is 4.28. The number of carbonyl (C=O) groups is 1. The van der Waals surface area contributed by atoms with E-state index in [0.29, 0.717) is 4.88 Å². The van der Waals surface area contributed by atoms with Crippen molar-refractivity contribution < 1.29 is 18.3 Å². The second kappa shape index (κ2) is 5.44. The lowest BCUT2D eigenvalue weighted by atomic mass is 10.4. The molecule has 1 heterocycles. The van der Waals surface area contributed by atoms with Gasteiger partial charge in [0, 0.05) is 9.35 Å². The van der Waals surface area contributed by atoms with Gasteiger partial charge in [-0.25, -0.2) is 13.2 Å². The quantitative estimate of drug-likeness (QED) is 0.908. The summed E-state index contributed by atoms with van der Waals surface area (Å²) in [5.41, 5.74) is 0. The zero-order chi connectivity index (χ0) is 14.0. The van der Waals surface area contributed by atoms with Gasteiger partial charge in [-0.05, 0) is 36.4 Å². The maximum absolute atomic E-state index is 12.1. The number of carboxylic acid groups (broad SMARTS) is 1. The van der Waals surface area contributed by atoms with Crippen molar-refractivity contribution in [2.75, 3.05) is 0 Å². The predicted octanol–water partition coefficient (Wildman–Crippen LogP) is 3.18. The first-order chi connectivity index (χ1) is 8.88. The number of carboxylic acids is 1. The van der Waals surface area contributed by atoms with Crippen molar-refractivity contribution in [2.45, 2.75) is 10.6 Å². The van der Waals surface area contributed by atoms with Gasteiger partial charge in [-0.3, -0.25) is 0 Å². The van der Waals surface area contributed by atoms with Crippen molar-refractivity contribution in [2.24, 2.45) is 0 Å². The van der Waals surface area contributed by atoms with Gasteiger partial charge in [-0.15, -0.1) is 11.3 Å². The molecule has 0 aliphatic heterocycles. The van der Waals surface area contributed by atoms with Gasteiger partial charge in [0.25, 0.3) is 0 Å². The summed E-state index contributed by atoms with van der Waals surface area (Å²) >= 11 is 4.22. The van der Waals surface area contributed by atoms with E-state index in [0.717, 1.165) is 15.8 Å². The van der Waals surface area contributed by atoms with Crippen LogP contribution in [0, 0.1) is 0 Å². The van der Waals surface area contributed by atoms with Gasteiger partial charge in [0.05, 0.1) is 10.6 Å². The SMILES string of the molecule is O=C(O)c1ccc(CS(=O)(=O)c2ccc(Br)cc2)s1. The molecule has 2 rings (SSSR count). The van der Waals surface area contributed by atoms with E-state index in [2.05, 4.69) is 15.9 Å². The molecule has 4 nitrogen and oxygen atoms in total. The summed E-state index contributed by atoms with van der Waals surface area (Å²) in [5, 5.41) is 8.80. The summed E-state index contributed by atoms with van der Waals surface area (Å²) < 4.78 is 25.1. The molecule has 1 aromatic carbocycles. The Morgan fingerprint density at radius 2 is 1.79 bits per heavy atom. The molecular formula is C12H9BrO4S2. The molecule has 0 aliphatic carbocycles. The molecule has 0 fully saturated rings. The van der Waals surface area contributed by atoms with Gasteiger partial charge in [-0.2, -0.15) is 0 Å². The molecule has 0 amide bonds. The third-order valence-corrected chi connectivity index (χ3v) is 5.84. The van der Waals surface area contributed by atoms with Crippen LogP contribution in [0.25, 0.3) is 0 Å². The average Bonchev–Trinajstić information content (AvgIpc) is 2.77. The smallest absolute Gasteiger partial charge is 0.345 e. The Kier molecular flexibility index (Phi) is 4.07. The van der Waals surface area contributed by atoms with Crippen LogP contribution >= 0.6 is 27.3 Å². The van der Waals surface area contributed by atoms with E-state index in [4.69, 9.17) is 5.11 Å². The summed E-state index contributed by atoms with van der Waals surface area (Å²) in [4.78, 5) is 11.6. The number of thiophene rings is 1. The fourth-order valence-electron chi connectivity index (χ4n) is 1.48. The molecule has 1 N–H and O–H groups in total. The molecule has 0 unspecified atom stereocenters. The summed E-state index contributed by atoms with van der Waals surface area (Å²) in [7, 11) is -3.45. The minimum atomic E-state index is -3.45. The molecule has 0 saturated heterocycles. The van der Waals surface area contributed by atoms with Crippen molar-refractivity contribution in [3.63, 3.8) is 0 Å². The number of hydrogen-bond donors (Lipinski definition) is 1. The van der Waals surface area contributed by atoms with Gasteiger partial charge < -0.3 is 5.11 Å². The van der Waals surface area contributed by atoms with Crippen LogP contribution < -0.4 is 0 Å². The van der Waals surface area contributed by atoms with Crippen LogP contribution in [0.3, 0.4) is 0 Å².